The van der Waals surface area contributed by atoms with E-state index >= 15 is 0 Å². The molecule has 0 bridgehead atoms. The minimum Gasteiger partial charge on any atom is -0.351 e. The van der Waals surface area contributed by atoms with Crippen molar-refractivity contribution in [3.63, 3.8) is 0 Å². The Balaban J connectivity index is 1.86. The van der Waals surface area contributed by atoms with Gasteiger partial charge in [0.2, 0.25) is 17.8 Å². The molecule has 297 valence electrons. The normalized spacial score (nSPS) is 25.2. The largest absolute Gasteiger partial charge is 0.351 e. The van der Waals surface area contributed by atoms with E-state index in [0.29, 0.717) is 56.4 Å². The molecule has 0 aromatic carbocycles. The maximum absolute atomic E-state index is 13.5. The molecule has 52 heavy (non-hydrogen) atoms. The molecule has 1 N–H and O–H groups in total. The third kappa shape index (κ3) is 9.51. The molecule has 12 nitrogen and oxygen atoms in total. The number of unbranched alkanes of at least 4 members (excludes halogenated alkanes) is 4. The van der Waals surface area contributed by atoms with Crippen molar-refractivity contribution < 1.29 is 15.6 Å². The second-order valence-electron chi connectivity index (χ2n) is 20.2. The number of hydrogen-bond acceptors (Lipinski definition) is 9. The van der Waals surface area contributed by atoms with Gasteiger partial charge in [-0.25, -0.2) is 0 Å². The van der Waals surface area contributed by atoms with Crippen molar-refractivity contribution in [3.05, 3.63) is 0 Å². The number of rotatable bonds is 14. The summed E-state index contributed by atoms with van der Waals surface area (Å²) < 4.78 is 0. The average molecular weight is 729 g/mol. The lowest BCUT2D eigenvalue weighted by Gasteiger charge is -2.53. The smallest absolute Gasteiger partial charge is 0.232 e. The molecular formula is C40H74N9O3. The van der Waals surface area contributed by atoms with Crippen LogP contribution in [0.15, 0.2) is 0 Å². The summed E-state index contributed by atoms with van der Waals surface area (Å²) in [5.74, 6) is 1.80. The Kier molecular flexibility index (Phi) is 13.0. The molecule has 1 aromatic rings. The molecule has 0 spiro atoms. The topological polar surface area (TPSA) is 127 Å². The molecule has 3 radical (unpaired) electrons. The van der Waals surface area contributed by atoms with E-state index in [1.165, 1.54) is 15.2 Å². The zero-order valence-corrected chi connectivity index (χ0v) is 35.4. The third-order valence-corrected chi connectivity index (χ3v) is 12.1. The van der Waals surface area contributed by atoms with Gasteiger partial charge in [0.25, 0.3) is 0 Å². The number of nitrogens with one attached hydrogen (secondary N) is 1. The predicted molar refractivity (Wildman–Crippen MR) is 208 cm³/mol. The zero-order chi connectivity index (χ0) is 39.1. The van der Waals surface area contributed by atoms with Crippen LogP contribution in [0.4, 0.5) is 17.8 Å². The van der Waals surface area contributed by atoms with E-state index in [1.807, 2.05) is 55.4 Å². The molecule has 0 atom stereocenters. The van der Waals surface area contributed by atoms with Crippen LogP contribution in [-0.2, 0) is 15.6 Å². The van der Waals surface area contributed by atoms with Crippen LogP contribution in [0.5, 0.6) is 0 Å². The highest BCUT2D eigenvalue weighted by molar-refractivity contribution is 5.48. The summed E-state index contributed by atoms with van der Waals surface area (Å²) in [7, 11) is 0. The number of hydroxylamine groups is 6. The van der Waals surface area contributed by atoms with Gasteiger partial charge in [0, 0.05) is 64.4 Å². The highest BCUT2D eigenvalue weighted by Crippen LogP contribution is 2.43. The van der Waals surface area contributed by atoms with E-state index in [2.05, 4.69) is 56.7 Å². The number of piperidine rings is 3. The Morgan fingerprint density at radius 1 is 0.519 bits per heavy atom. The molecular weight excluding hydrogens is 654 g/mol. The zero-order valence-electron chi connectivity index (χ0n) is 35.4. The Morgan fingerprint density at radius 3 is 1.23 bits per heavy atom. The molecule has 3 fully saturated rings. The molecule has 3 aliphatic rings. The van der Waals surface area contributed by atoms with Gasteiger partial charge in [-0.15, -0.1) is 30.8 Å². The Morgan fingerprint density at radius 2 is 0.865 bits per heavy atom. The second-order valence-corrected chi connectivity index (χ2v) is 20.2. The number of aromatic nitrogens is 3. The van der Waals surface area contributed by atoms with Crippen molar-refractivity contribution in [2.45, 2.75) is 225 Å². The van der Waals surface area contributed by atoms with Gasteiger partial charge in [-0.05, 0) is 134 Å². The molecule has 4 heterocycles. The van der Waals surface area contributed by atoms with Crippen LogP contribution in [-0.4, -0.2) is 94.6 Å². The number of anilines is 3. The van der Waals surface area contributed by atoms with E-state index in [1.54, 1.807) is 0 Å². The summed E-state index contributed by atoms with van der Waals surface area (Å²) >= 11 is 0. The fourth-order valence-electron chi connectivity index (χ4n) is 10.0. The van der Waals surface area contributed by atoms with Gasteiger partial charge in [0.05, 0.1) is 0 Å². The second kappa shape index (κ2) is 15.7. The summed E-state index contributed by atoms with van der Waals surface area (Å²) in [4.78, 5) is 20.6. The first-order chi connectivity index (χ1) is 23.9. The lowest BCUT2D eigenvalue weighted by molar-refractivity contribution is -0.289. The van der Waals surface area contributed by atoms with Crippen molar-refractivity contribution in [2.24, 2.45) is 0 Å². The lowest BCUT2D eigenvalue weighted by Crippen LogP contribution is -2.63. The van der Waals surface area contributed by atoms with Crippen LogP contribution in [0.25, 0.3) is 0 Å². The highest BCUT2D eigenvalue weighted by atomic mass is 16.5. The molecule has 0 amide bonds. The Bertz CT molecular complexity index is 1280. The molecule has 1 aromatic heterocycles. The monoisotopic (exact) mass is 729 g/mol. The fraction of sp³-hybridized carbons (Fsp3) is 0.925. The first kappa shape index (κ1) is 42.9. The standard InChI is InChI=1S/C40H74N9O3/c1-15-17-19-20-22-46(31-27-39(11,12)49(52)40(13,14)28-31)34-43-32(41-29-23-35(3,4)47(50)36(5,6)24-29)42-33(44-34)45(21-18-16-2)30-25-37(7,8)48(51)38(9,10)26-30/h29-31H,15-28H2,1-14H3,(H,41,42,43,44). The van der Waals surface area contributed by atoms with Crippen LogP contribution < -0.4 is 15.1 Å². The molecule has 12 heteroatoms. The maximum atomic E-state index is 13.5. The van der Waals surface area contributed by atoms with Crippen LogP contribution in [0.2, 0.25) is 0 Å². The quantitative estimate of drug-likeness (QED) is 0.188. The van der Waals surface area contributed by atoms with E-state index < -0.39 is 33.2 Å². The van der Waals surface area contributed by atoms with E-state index in [0.717, 1.165) is 51.6 Å². The summed E-state index contributed by atoms with van der Waals surface area (Å²) in [6.45, 7) is 30.5. The molecule has 0 unspecified atom stereocenters. The molecule has 0 saturated carbocycles. The SMILES string of the molecule is CCCCCCN(c1nc(NC2CC(C)(C)N([O])C(C)(C)C2)nc(N(CCCC)C2CC(C)(C)N([O])C(C)(C)C2)n1)C1CC(C)(C)N([O])C(C)(C)C1. The summed E-state index contributed by atoms with van der Waals surface area (Å²) in [5, 5.41) is 47.8. The van der Waals surface area contributed by atoms with Crippen LogP contribution in [0, 0.1) is 0 Å². The van der Waals surface area contributed by atoms with Gasteiger partial charge in [-0.2, -0.15) is 15.0 Å². The lowest BCUT2D eigenvalue weighted by atomic mass is 9.78. The van der Waals surface area contributed by atoms with Crippen LogP contribution >= 0.6 is 0 Å². The number of hydrogen-bond donors (Lipinski definition) is 1. The number of nitrogens with zero attached hydrogens (tertiary/aromatic N) is 8. The molecule has 3 aliphatic heterocycles. The van der Waals surface area contributed by atoms with Crippen LogP contribution in [0.3, 0.4) is 0 Å². The molecule has 3 saturated heterocycles. The predicted octanol–water partition coefficient (Wildman–Crippen LogP) is 8.38. The van der Waals surface area contributed by atoms with Crippen molar-refractivity contribution in [2.75, 3.05) is 28.2 Å². The van der Waals surface area contributed by atoms with Crippen molar-refractivity contribution in [3.8, 4) is 0 Å². The Labute approximate surface area is 316 Å². The first-order valence-electron chi connectivity index (χ1n) is 20.4. The van der Waals surface area contributed by atoms with Gasteiger partial charge < -0.3 is 15.1 Å². The van der Waals surface area contributed by atoms with Crippen LogP contribution in [0.1, 0.15) is 174 Å². The van der Waals surface area contributed by atoms with Gasteiger partial charge >= 0.3 is 0 Å². The van der Waals surface area contributed by atoms with Crippen molar-refractivity contribution in [1.29, 1.82) is 0 Å². The Hall–Kier alpha value is -1.83. The van der Waals surface area contributed by atoms with Gasteiger partial charge in [-0.1, -0.05) is 39.5 Å². The summed E-state index contributed by atoms with van der Waals surface area (Å²) in [6, 6.07) is 0.113. The first-order valence-corrected chi connectivity index (χ1v) is 20.4. The fourth-order valence-corrected chi connectivity index (χ4v) is 10.0. The minimum atomic E-state index is -0.552. The summed E-state index contributed by atoms with van der Waals surface area (Å²) in [6.07, 6.45) is 10.5. The van der Waals surface area contributed by atoms with Gasteiger partial charge in [0.1, 0.15) is 0 Å². The average Bonchev–Trinajstić information content (AvgIpc) is 3.00. The minimum absolute atomic E-state index is 0.0106. The van der Waals surface area contributed by atoms with E-state index in [-0.39, 0.29) is 18.1 Å². The van der Waals surface area contributed by atoms with Gasteiger partial charge in [0.15, 0.2) is 0 Å². The van der Waals surface area contributed by atoms with Crippen molar-refractivity contribution in [1.82, 2.24) is 30.1 Å². The molecule has 4 rings (SSSR count). The van der Waals surface area contributed by atoms with E-state index in [9.17, 15) is 15.6 Å². The highest BCUT2D eigenvalue weighted by Gasteiger charge is 2.50. The molecule has 0 aliphatic carbocycles. The van der Waals surface area contributed by atoms with Gasteiger partial charge in [-0.3, -0.25) is 0 Å². The maximum Gasteiger partial charge on any atom is 0.232 e. The van der Waals surface area contributed by atoms with E-state index in [4.69, 9.17) is 15.0 Å². The van der Waals surface area contributed by atoms with Crippen molar-refractivity contribution >= 4 is 17.8 Å². The summed E-state index contributed by atoms with van der Waals surface area (Å²) in [5.41, 5.74) is -3.30. The third-order valence-electron chi connectivity index (χ3n) is 12.1.